The number of aromatic nitrogens is 2. The molecule has 3 heterocycles. The normalized spacial score (nSPS) is 17.2. The van der Waals surface area contributed by atoms with E-state index in [0.717, 1.165) is 41.2 Å². The summed E-state index contributed by atoms with van der Waals surface area (Å²) in [6.07, 6.45) is 1.91. The molecule has 1 atom stereocenters. The highest BCUT2D eigenvalue weighted by atomic mass is 32.1. The predicted molar refractivity (Wildman–Crippen MR) is 93.9 cm³/mol. The van der Waals surface area contributed by atoms with Gasteiger partial charge in [-0.25, -0.2) is 0 Å². The molecule has 1 aliphatic heterocycles. The van der Waals surface area contributed by atoms with Crippen LogP contribution >= 0.6 is 22.7 Å². The Hall–Kier alpha value is -2.16. The van der Waals surface area contributed by atoms with E-state index in [0.29, 0.717) is 15.4 Å². The van der Waals surface area contributed by atoms with E-state index < -0.39 is 0 Å². The van der Waals surface area contributed by atoms with Crippen LogP contribution in [0.15, 0.2) is 35.1 Å². The second-order valence-electron chi connectivity index (χ2n) is 5.39. The van der Waals surface area contributed by atoms with Gasteiger partial charge in [0, 0.05) is 12.0 Å². The molecule has 1 aliphatic rings. The maximum atomic E-state index is 12.4. The van der Waals surface area contributed by atoms with Gasteiger partial charge in [0.2, 0.25) is 9.87 Å². The largest absolute Gasteiger partial charge is 0.371 e. The zero-order valence-corrected chi connectivity index (χ0v) is 14.2. The van der Waals surface area contributed by atoms with Gasteiger partial charge in [0.15, 0.2) is 0 Å². The molecule has 1 saturated heterocycles. The molecule has 1 N–H and O–H groups in total. The molecule has 0 saturated carbocycles. The second kappa shape index (κ2) is 6.39. The lowest BCUT2D eigenvalue weighted by Crippen LogP contribution is -2.12. The summed E-state index contributed by atoms with van der Waals surface area (Å²) in [5, 5.41) is 13.4. The van der Waals surface area contributed by atoms with Crippen LogP contribution in [0, 0.1) is 0 Å². The first kappa shape index (κ1) is 15.4. The summed E-state index contributed by atoms with van der Waals surface area (Å²) in [7, 11) is 0. The Balaban J connectivity index is 1.57. The maximum absolute atomic E-state index is 12.4. The van der Waals surface area contributed by atoms with Gasteiger partial charge in [-0.1, -0.05) is 40.9 Å². The molecule has 0 bridgehead atoms. The average molecular weight is 359 g/mol. The minimum atomic E-state index is -0.349. The van der Waals surface area contributed by atoms with Gasteiger partial charge in [0.05, 0.1) is 4.88 Å². The number of hydrogen-bond donors (Lipinski definition) is 1. The van der Waals surface area contributed by atoms with Crippen LogP contribution in [-0.2, 0) is 4.74 Å². The van der Waals surface area contributed by atoms with E-state index in [1.807, 2.05) is 18.2 Å². The van der Waals surface area contributed by atoms with Crippen LogP contribution in [0.25, 0.3) is 10.8 Å². The maximum Gasteiger partial charge on any atom is 0.267 e. The summed E-state index contributed by atoms with van der Waals surface area (Å²) in [5.74, 6) is -0.349. The van der Waals surface area contributed by atoms with E-state index in [9.17, 15) is 9.59 Å². The zero-order chi connectivity index (χ0) is 16.5. The zero-order valence-electron chi connectivity index (χ0n) is 12.5. The first-order valence-electron chi connectivity index (χ1n) is 7.50. The number of amides is 1. The van der Waals surface area contributed by atoms with E-state index >= 15 is 0 Å². The number of carbonyl (C=O) groups is 1. The number of fused-ring (bicyclic) bond motifs is 1. The van der Waals surface area contributed by atoms with Crippen molar-refractivity contribution < 1.29 is 9.53 Å². The Labute approximate surface area is 145 Å². The van der Waals surface area contributed by atoms with Crippen molar-refractivity contribution in [1.29, 1.82) is 0 Å². The molecule has 3 aromatic rings. The molecule has 1 unspecified atom stereocenters. The monoisotopic (exact) mass is 359 g/mol. The molecule has 6 nitrogen and oxygen atoms in total. The number of rotatable bonds is 3. The Kier molecular flexibility index (Phi) is 4.09. The van der Waals surface area contributed by atoms with Gasteiger partial charge in [-0.05, 0) is 30.4 Å². The lowest BCUT2D eigenvalue weighted by Gasteiger charge is -2.03. The third-order valence-corrected chi connectivity index (χ3v) is 5.62. The van der Waals surface area contributed by atoms with Crippen molar-refractivity contribution in [1.82, 2.24) is 10.2 Å². The molecule has 0 spiro atoms. The van der Waals surface area contributed by atoms with Crippen molar-refractivity contribution in [3.8, 4) is 0 Å². The Bertz CT molecular complexity index is 960. The van der Waals surface area contributed by atoms with Crippen molar-refractivity contribution in [3.05, 3.63) is 49.8 Å². The lowest BCUT2D eigenvalue weighted by molar-refractivity contribution is 0.103. The van der Waals surface area contributed by atoms with Crippen LogP contribution in [0.5, 0.6) is 0 Å². The predicted octanol–water partition coefficient (Wildman–Crippen LogP) is 3.22. The molecule has 1 amide bonds. The molecule has 4 rings (SSSR count). The fourth-order valence-electron chi connectivity index (χ4n) is 2.59. The minimum absolute atomic E-state index is 0.0233. The van der Waals surface area contributed by atoms with E-state index in [4.69, 9.17) is 4.74 Å². The van der Waals surface area contributed by atoms with E-state index in [2.05, 4.69) is 15.5 Å². The Morgan fingerprint density at radius 2 is 2.12 bits per heavy atom. The van der Waals surface area contributed by atoms with E-state index in [1.165, 1.54) is 11.3 Å². The SMILES string of the molecule is O=C(Nc1nnc(C2CCCO2)s1)c1cc2ccccc2c(=O)s1. The number of anilines is 1. The Morgan fingerprint density at radius 1 is 1.25 bits per heavy atom. The minimum Gasteiger partial charge on any atom is -0.371 e. The second-order valence-corrected chi connectivity index (χ2v) is 7.41. The summed E-state index contributed by atoms with van der Waals surface area (Å²) >= 11 is 2.24. The molecule has 1 fully saturated rings. The number of benzene rings is 1. The first-order valence-corrected chi connectivity index (χ1v) is 9.13. The fraction of sp³-hybridized carbons (Fsp3) is 0.250. The van der Waals surface area contributed by atoms with Crippen molar-refractivity contribution in [2.24, 2.45) is 0 Å². The fourth-order valence-corrected chi connectivity index (χ4v) is 4.24. The standard InChI is InChI=1S/C16H13N3O3S2/c20-13(12-8-9-4-1-2-5-10(9)15(21)23-12)17-16-19-18-14(24-16)11-6-3-7-22-11/h1-2,4-5,8,11H,3,6-7H2,(H,17,19,20). The Morgan fingerprint density at radius 3 is 2.96 bits per heavy atom. The van der Waals surface area contributed by atoms with Crippen LogP contribution in [0.4, 0.5) is 5.13 Å². The summed E-state index contributed by atoms with van der Waals surface area (Å²) in [6, 6.07) is 8.95. The molecular formula is C16H13N3O3S2. The van der Waals surface area contributed by atoms with Crippen molar-refractivity contribution in [3.63, 3.8) is 0 Å². The van der Waals surface area contributed by atoms with Gasteiger partial charge in [0.1, 0.15) is 11.1 Å². The quantitative estimate of drug-likeness (QED) is 0.776. The highest BCUT2D eigenvalue weighted by Gasteiger charge is 2.22. The van der Waals surface area contributed by atoms with Gasteiger partial charge in [-0.3, -0.25) is 14.9 Å². The van der Waals surface area contributed by atoms with Crippen LogP contribution in [0.2, 0.25) is 0 Å². The van der Waals surface area contributed by atoms with Crippen LogP contribution in [0.3, 0.4) is 0 Å². The molecule has 0 aliphatic carbocycles. The van der Waals surface area contributed by atoms with E-state index in [-0.39, 0.29) is 16.8 Å². The number of nitrogens with one attached hydrogen (secondary N) is 1. The molecule has 1 aromatic carbocycles. The smallest absolute Gasteiger partial charge is 0.267 e. The average Bonchev–Trinajstić information content (AvgIpc) is 3.26. The van der Waals surface area contributed by atoms with Gasteiger partial charge < -0.3 is 4.74 Å². The molecule has 2 aromatic heterocycles. The van der Waals surface area contributed by atoms with Crippen molar-refractivity contribution in [2.75, 3.05) is 11.9 Å². The van der Waals surface area contributed by atoms with Gasteiger partial charge in [-0.15, -0.1) is 10.2 Å². The van der Waals surface area contributed by atoms with Gasteiger partial charge in [-0.2, -0.15) is 0 Å². The molecule has 8 heteroatoms. The highest BCUT2D eigenvalue weighted by Crippen LogP contribution is 2.32. The number of carbonyl (C=O) groups excluding carboxylic acids is 1. The lowest BCUT2D eigenvalue weighted by atomic mass is 10.2. The molecule has 122 valence electrons. The number of ether oxygens (including phenoxy) is 1. The van der Waals surface area contributed by atoms with Crippen molar-refractivity contribution >= 4 is 44.5 Å². The van der Waals surface area contributed by atoms with E-state index in [1.54, 1.807) is 12.1 Å². The third-order valence-electron chi connectivity index (χ3n) is 3.76. The van der Waals surface area contributed by atoms with Crippen LogP contribution in [0.1, 0.15) is 33.6 Å². The van der Waals surface area contributed by atoms with Gasteiger partial charge in [0.25, 0.3) is 5.91 Å². The molecule has 24 heavy (non-hydrogen) atoms. The summed E-state index contributed by atoms with van der Waals surface area (Å²) < 4.78 is 5.43. The van der Waals surface area contributed by atoms with Gasteiger partial charge >= 0.3 is 0 Å². The summed E-state index contributed by atoms with van der Waals surface area (Å²) in [6.45, 7) is 0.733. The number of hydrogen-bond acceptors (Lipinski definition) is 7. The third kappa shape index (κ3) is 2.95. The first-order chi connectivity index (χ1) is 11.7. The molecule has 0 radical (unpaired) electrons. The van der Waals surface area contributed by atoms with Crippen molar-refractivity contribution in [2.45, 2.75) is 18.9 Å². The van der Waals surface area contributed by atoms with Crippen LogP contribution in [-0.4, -0.2) is 22.7 Å². The summed E-state index contributed by atoms with van der Waals surface area (Å²) in [5.41, 5.74) is 0. The summed E-state index contributed by atoms with van der Waals surface area (Å²) in [4.78, 5) is 24.9. The topological polar surface area (TPSA) is 81.2 Å². The van der Waals surface area contributed by atoms with Crippen LogP contribution < -0.4 is 10.1 Å². The number of nitrogens with zero attached hydrogens (tertiary/aromatic N) is 2. The molecular weight excluding hydrogens is 346 g/mol. The highest BCUT2D eigenvalue weighted by molar-refractivity contribution is 7.15.